The quantitative estimate of drug-likeness (QED) is 0.922. The van der Waals surface area contributed by atoms with E-state index in [-0.39, 0.29) is 0 Å². The summed E-state index contributed by atoms with van der Waals surface area (Å²) in [7, 11) is 2.02. The van der Waals surface area contributed by atoms with Gasteiger partial charge < -0.3 is 5.32 Å². The highest BCUT2D eigenvalue weighted by Gasteiger charge is 2.15. The molecule has 1 atom stereocenters. The molecule has 0 spiro atoms. The van der Waals surface area contributed by atoms with Crippen LogP contribution in [-0.2, 0) is 6.42 Å². The standard InChI is InChI=1S/C16H19BrN2/c1-11-5-4-6-12(2)16(11)15(18-3)8-13-7-14(17)10-19-9-13/h4-7,9-10,15,18H,8H2,1-3H3. The zero-order chi connectivity index (χ0) is 13.8. The molecule has 0 bridgehead atoms. The van der Waals surface area contributed by atoms with Crippen LogP contribution in [0.3, 0.4) is 0 Å². The summed E-state index contributed by atoms with van der Waals surface area (Å²) in [5.41, 5.74) is 5.30. The molecule has 1 heterocycles. The Morgan fingerprint density at radius 2 is 1.89 bits per heavy atom. The number of halogens is 1. The van der Waals surface area contributed by atoms with Crippen LogP contribution in [0.1, 0.15) is 28.3 Å². The van der Waals surface area contributed by atoms with Crippen molar-refractivity contribution in [3.63, 3.8) is 0 Å². The van der Waals surface area contributed by atoms with Crippen LogP contribution < -0.4 is 5.32 Å². The largest absolute Gasteiger partial charge is 0.313 e. The first-order valence-electron chi connectivity index (χ1n) is 6.44. The van der Waals surface area contributed by atoms with E-state index in [4.69, 9.17) is 0 Å². The summed E-state index contributed by atoms with van der Waals surface area (Å²) in [4.78, 5) is 4.24. The molecule has 2 aromatic rings. The van der Waals surface area contributed by atoms with Gasteiger partial charge in [0.2, 0.25) is 0 Å². The fraction of sp³-hybridized carbons (Fsp3) is 0.312. The van der Waals surface area contributed by atoms with Crippen LogP contribution in [0.5, 0.6) is 0 Å². The van der Waals surface area contributed by atoms with Crippen molar-refractivity contribution >= 4 is 15.9 Å². The zero-order valence-corrected chi connectivity index (χ0v) is 13.2. The van der Waals surface area contributed by atoms with Crippen LogP contribution in [0.25, 0.3) is 0 Å². The van der Waals surface area contributed by atoms with Crippen molar-refractivity contribution in [2.45, 2.75) is 26.3 Å². The van der Waals surface area contributed by atoms with Crippen LogP contribution in [0, 0.1) is 13.8 Å². The van der Waals surface area contributed by atoms with E-state index >= 15 is 0 Å². The maximum atomic E-state index is 4.24. The highest BCUT2D eigenvalue weighted by molar-refractivity contribution is 9.10. The lowest BCUT2D eigenvalue weighted by Crippen LogP contribution is -2.21. The van der Waals surface area contributed by atoms with Gasteiger partial charge in [0, 0.05) is 22.9 Å². The molecule has 1 N–H and O–H groups in total. The lowest BCUT2D eigenvalue weighted by atomic mass is 9.92. The van der Waals surface area contributed by atoms with Gasteiger partial charge in [-0.05, 0) is 71.6 Å². The molecule has 0 fully saturated rings. The molecular weight excluding hydrogens is 300 g/mol. The number of aromatic nitrogens is 1. The van der Waals surface area contributed by atoms with Crippen molar-refractivity contribution in [2.24, 2.45) is 0 Å². The third-order valence-electron chi connectivity index (χ3n) is 3.44. The maximum absolute atomic E-state index is 4.24. The van der Waals surface area contributed by atoms with E-state index in [1.807, 2.05) is 19.4 Å². The number of pyridine rings is 1. The molecule has 0 radical (unpaired) electrons. The van der Waals surface area contributed by atoms with Crippen molar-refractivity contribution in [3.05, 3.63) is 63.4 Å². The average molecular weight is 319 g/mol. The van der Waals surface area contributed by atoms with Crippen LogP contribution in [0.4, 0.5) is 0 Å². The Hall–Kier alpha value is -1.19. The van der Waals surface area contributed by atoms with Crippen molar-refractivity contribution in [3.8, 4) is 0 Å². The van der Waals surface area contributed by atoms with Crippen LogP contribution in [-0.4, -0.2) is 12.0 Å². The highest BCUT2D eigenvalue weighted by Crippen LogP contribution is 2.25. The summed E-state index contributed by atoms with van der Waals surface area (Å²) in [6.45, 7) is 4.34. The first-order chi connectivity index (χ1) is 9.11. The minimum Gasteiger partial charge on any atom is -0.313 e. The van der Waals surface area contributed by atoms with E-state index in [9.17, 15) is 0 Å². The van der Waals surface area contributed by atoms with Crippen LogP contribution in [0.15, 0.2) is 41.1 Å². The second-order valence-electron chi connectivity index (χ2n) is 4.86. The minimum atomic E-state index is 0.317. The second-order valence-corrected chi connectivity index (χ2v) is 5.78. The number of rotatable bonds is 4. The molecule has 2 nitrogen and oxygen atoms in total. The molecule has 19 heavy (non-hydrogen) atoms. The summed E-state index contributed by atoms with van der Waals surface area (Å²) in [6.07, 6.45) is 4.69. The normalized spacial score (nSPS) is 12.4. The lowest BCUT2D eigenvalue weighted by molar-refractivity contribution is 0.584. The minimum absolute atomic E-state index is 0.317. The van der Waals surface area contributed by atoms with Gasteiger partial charge >= 0.3 is 0 Å². The zero-order valence-electron chi connectivity index (χ0n) is 11.6. The third-order valence-corrected chi connectivity index (χ3v) is 3.87. The van der Waals surface area contributed by atoms with Crippen molar-refractivity contribution in [1.82, 2.24) is 10.3 Å². The van der Waals surface area contributed by atoms with Gasteiger partial charge in [-0.3, -0.25) is 4.98 Å². The fourth-order valence-corrected chi connectivity index (χ4v) is 2.94. The molecular formula is C16H19BrN2. The molecule has 100 valence electrons. The first kappa shape index (κ1) is 14.2. The van der Waals surface area contributed by atoms with Gasteiger partial charge in [0.25, 0.3) is 0 Å². The monoisotopic (exact) mass is 318 g/mol. The molecule has 2 rings (SSSR count). The number of nitrogens with zero attached hydrogens (tertiary/aromatic N) is 1. The number of benzene rings is 1. The third kappa shape index (κ3) is 3.43. The van der Waals surface area contributed by atoms with Crippen molar-refractivity contribution in [1.29, 1.82) is 0 Å². The Labute approximate surface area is 123 Å². The summed E-state index contributed by atoms with van der Waals surface area (Å²) in [5, 5.41) is 3.42. The maximum Gasteiger partial charge on any atom is 0.0410 e. The van der Waals surface area contributed by atoms with Gasteiger partial charge in [-0.25, -0.2) is 0 Å². The average Bonchev–Trinajstić information content (AvgIpc) is 2.37. The smallest absolute Gasteiger partial charge is 0.0410 e. The molecule has 0 aliphatic carbocycles. The molecule has 0 aliphatic rings. The number of nitrogens with one attached hydrogen (secondary N) is 1. The Balaban J connectivity index is 2.30. The van der Waals surface area contributed by atoms with Crippen molar-refractivity contribution < 1.29 is 0 Å². The number of likely N-dealkylation sites (N-methyl/N-ethyl adjacent to an activating group) is 1. The van der Waals surface area contributed by atoms with Gasteiger partial charge in [-0.2, -0.15) is 0 Å². The molecule has 0 saturated heterocycles. The number of hydrogen-bond acceptors (Lipinski definition) is 2. The fourth-order valence-electron chi connectivity index (χ4n) is 2.53. The molecule has 0 aliphatic heterocycles. The van der Waals surface area contributed by atoms with Crippen LogP contribution >= 0.6 is 15.9 Å². The van der Waals surface area contributed by atoms with Gasteiger partial charge in [0.05, 0.1) is 0 Å². The summed E-state index contributed by atoms with van der Waals surface area (Å²) in [6, 6.07) is 8.90. The van der Waals surface area contributed by atoms with E-state index in [0.29, 0.717) is 6.04 Å². The number of aryl methyl sites for hydroxylation is 2. The van der Waals surface area contributed by atoms with Gasteiger partial charge in [-0.1, -0.05) is 18.2 Å². The van der Waals surface area contributed by atoms with Crippen molar-refractivity contribution in [2.75, 3.05) is 7.05 Å². The predicted molar refractivity (Wildman–Crippen MR) is 83.4 cm³/mol. The molecule has 1 unspecified atom stereocenters. The first-order valence-corrected chi connectivity index (χ1v) is 7.24. The Bertz CT molecular complexity index is 546. The molecule has 1 aromatic heterocycles. The summed E-state index contributed by atoms with van der Waals surface area (Å²) >= 11 is 3.48. The summed E-state index contributed by atoms with van der Waals surface area (Å²) in [5.74, 6) is 0. The Kier molecular flexibility index (Phi) is 4.72. The molecule has 3 heteroatoms. The predicted octanol–water partition coefficient (Wildman–Crippen LogP) is 3.96. The van der Waals surface area contributed by atoms with Gasteiger partial charge in [-0.15, -0.1) is 0 Å². The topological polar surface area (TPSA) is 24.9 Å². The van der Waals surface area contributed by atoms with E-state index < -0.39 is 0 Å². The summed E-state index contributed by atoms with van der Waals surface area (Å²) < 4.78 is 1.03. The van der Waals surface area contributed by atoms with E-state index in [0.717, 1.165) is 10.9 Å². The molecule has 0 amide bonds. The van der Waals surface area contributed by atoms with Crippen LogP contribution in [0.2, 0.25) is 0 Å². The second kappa shape index (κ2) is 6.31. The number of hydrogen-bond donors (Lipinski definition) is 1. The highest BCUT2D eigenvalue weighted by atomic mass is 79.9. The SMILES string of the molecule is CNC(Cc1cncc(Br)c1)c1c(C)cccc1C. The van der Waals surface area contributed by atoms with Gasteiger partial charge in [0.15, 0.2) is 0 Å². The van der Waals surface area contributed by atoms with E-state index in [1.165, 1.54) is 22.3 Å². The van der Waals surface area contributed by atoms with E-state index in [1.54, 1.807) is 0 Å². The molecule has 0 saturated carbocycles. The molecule has 1 aromatic carbocycles. The van der Waals surface area contributed by atoms with Gasteiger partial charge in [0.1, 0.15) is 0 Å². The Morgan fingerprint density at radius 1 is 1.21 bits per heavy atom. The lowest BCUT2D eigenvalue weighted by Gasteiger charge is -2.21. The Morgan fingerprint density at radius 3 is 2.47 bits per heavy atom. The van der Waals surface area contributed by atoms with E-state index in [2.05, 4.69) is 64.3 Å².